The van der Waals surface area contributed by atoms with Crippen molar-refractivity contribution in [2.45, 2.75) is 47.1 Å². The van der Waals surface area contributed by atoms with Crippen molar-refractivity contribution in [2.75, 3.05) is 19.6 Å². The van der Waals surface area contributed by atoms with E-state index in [1.165, 1.54) is 5.56 Å². The van der Waals surface area contributed by atoms with E-state index in [9.17, 15) is 0 Å². The van der Waals surface area contributed by atoms with Crippen LogP contribution in [-0.2, 0) is 19.4 Å². The molecule has 156 valence electrons. The molecule has 28 heavy (non-hydrogen) atoms. The molecular formula is C20H32ClIN6. The number of halogens is 2. The average Bonchev–Trinajstić information content (AvgIpc) is 3.07. The molecule has 1 aromatic carbocycles. The lowest BCUT2D eigenvalue weighted by molar-refractivity contribution is 0.377. The summed E-state index contributed by atoms with van der Waals surface area (Å²) >= 11 is 6.11. The molecule has 2 aromatic rings. The normalized spacial score (nSPS) is 11.8. The van der Waals surface area contributed by atoms with Gasteiger partial charge in [0, 0.05) is 37.6 Å². The van der Waals surface area contributed by atoms with Gasteiger partial charge in [0.2, 0.25) is 0 Å². The summed E-state index contributed by atoms with van der Waals surface area (Å²) in [6, 6.07) is 8.05. The second kappa shape index (κ2) is 12.3. The molecule has 2 rings (SSSR count). The molecule has 8 heteroatoms. The van der Waals surface area contributed by atoms with Crippen molar-refractivity contribution in [3.05, 3.63) is 47.0 Å². The van der Waals surface area contributed by atoms with Crippen LogP contribution in [-0.4, -0.2) is 40.4 Å². The first-order valence-corrected chi connectivity index (χ1v) is 9.94. The Morgan fingerprint density at radius 1 is 1.25 bits per heavy atom. The summed E-state index contributed by atoms with van der Waals surface area (Å²) < 4.78 is 2.07. The van der Waals surface area contributed by atoms with Crippen molar-refractivity contribution in [3.8, 4) is 0 Å². The molecule has 0 unspecified atom stereocenters. The first kappa shape index (κ1) is 24.7. The molecule has 0 bridgehead atoms. The van der Waals surface area contributed by atoms with Crippen LogP contribution >= 0.6 is 35.6 Å². The van der Waals surface area contributed by atoms with Crippen molar-refractivity contribution in [3.63, 3.8) is 0 Å². The quantitative estimate of drug-likeness (QED) is 0.300. The van der Waals surface area contributed by atoms with Gasteiger partial charge in [-0.15, -0.1) is 34.2 Å². The monoisotopic (exact) mass is 518 g/mol. The Balaban J connectivity index is 0.00000392. The molecule has 1 aromatic heterocycles. The molecule has 2 N–H and O–H groups in total. The molecule has 0 saturated carbocycles. The molecule has 0 aliphatic rings. The van der Waals surface area contributed by atoms with E-state index in [0.717, 1.165) is 55.8 Å². The number of benzene rings is 1. The van der Waals surface area contributed by atoms with Gasteiger partial charge in [-0.3, -0.25) is 4.99 Å². The molecule has 0 radical (unpaired) electrons. The summed E-state index contributed by atoms with van der Waals surface area (Å²) in [6.45, 7) is 11.7. The lowest BCUT2D eigenvalue weighted by Gasteiger charge is -2.23. The predicted octanol–water partition coefficient (Wildman–Crippen LogP) is 3.94. The minimum Gasteiger partial charge on any atom is -0.357 e. The van der Waals surface area contributed by atoms with Gasteiger partial charge in [0.05, 0.1) is 0 Å². The second-order valence-electron chi connectivity index (χ2n) is 7.39. The molecule has 6 nitrogen and oxygen atoms in total. The summed E-state index contributed by atoms with van der Waals surface area (Å²) in [7, 11) is 0. The van der Waals surface area contributed by atoms with Gasteiger partial charge in [0.15, 0.2) is 5.96 Å². The SMILES string of the molecule is CCNC(=NCC(C)(C)Cc1cccc(Cl)c1)NCCn1cnnc1CC.I. The van der Waals surface area contributed by atoms with Crippen LogP contribution in [0.25, 0.3) is 0 Å². The van der Waals surface area contributed by atoms with Gasteiger partial charge in [-0.05, 0) is 36.5 Å². The van der Waals surface area contributed by atoms with Gasteiger partial charge < -0.3 is 15.2 Å². The Labute approximate surface area is 190 Å². The van der Waals surface area contributed by atoms with Crippen molar-refractivity contribution < 1.29 is 0 Å². The van der Waals surface area contributed by atoms with Gasteiger partial charge in [-0.1, -0.05) is 44.5 Å². The smallest absolute Gasteiger partial charge is 0.191 e. The fourth-order valence-corrected chi connectivity index (χ4v) is 3.14. The third-order valence-corrected chi connectivity index (χ3v) is 4.47. The van der Waals surface area contributed by atoms with E-state index in [1.54, 1.807) is 6.33 Å². The Morgan fingerprint density at radius 2 is 2.04 bits per heavy atom. The van der Waals surface area contributed by atoms with Crippen LogP contribution in [0.5, 0.6) is 0 Å². The third kappa shape index (κ3) is 8.34. The average molecular weight is 519 g/mol. The van der Waals surface area contributed by atoms with Gasteiger partial charge in [-0.25, -0.2) is 0 Å². The van der Waals surface area contributed by atoms with Crippen molar-refractivity contribution >= 4 is 41.5 Å². The van der Waals surface area contributed by atoms with Crippen LogP contribution in [0.2, 0.25) is 5.02 Å². The fraction of sp³-hybridized carbons (Fsp3) is 0.550. The number of guanidine groups is 1. The molecule has 0 amide bonds. The van der Waals surface area contributed by atoms with Crippen LogP contribution in [0.4, 0.5) is 0 Å². The zero-order valence-electron chi connectivity index (χ0n) is 17.2. The molecule has 0 aliphatic carbocycles. The number of aliphatic imine (C=N–C) groups is 1. The van der Waals surface area contributed by atoms with Crippen molar-refractivity contribution in [1.29, 1.82) is 0 Å². The highest BCUT2D eigenvalue weighted by atomic mass is 127. The Kier molecular flexibility index (Phi) is 10.8. The predicted molar refractivity (Wildman–Crippen MR) is 128 cm³/mol. The minimum atomic E-state index is 0. The Morgan fingerprint density at radius 3 is 2.71 bits per heavy atom. The van der Waals surface area contributed by atoms with E-state index in [0.29, 0.717) is 0 Å². The van der Waals surface area contributed by atoms with E-state index >= 15 is 0 Å². The van der Waals surface area contributed by atoms with Crippen molar-refractivity contribution in [2.24, 2.45) is 10.4 Å². The number of hydrogen-bond acceptors (Lipinski definition) is 3. The maximum atomic E-state index is 6.11. The number of aromatic nitrogens is 3. The lowest BCUT2D eigenvalue weighted by Crippen LogP contribution is -2.39. The molecule has 1 heterocycles. The number of hydrogen-bond donors (Lipinski definition) is 2. The zero-order valence-corrected chi connectivity index (χ0v) is 20.3. The maximum Gasteiger partial charge on any atom is 0.191 e. The summed E-state index contributed by atoms with van der Waals surface area (Å²) in [5, 5.41) is 15.6. The highest BCUT2D eigenvalue weighted by Gasteiger charge is 2.18. The van der Waals surface area contributed by atoms with Crippen LogP contribution in [0, 0.1) is 5.41 Å². The lowest BCUT2D eigenvalue weighted by atomic mass is 9.86. The van der Waals surface area contributed by atoms with Crippen molar-refractivity contribution in [1.82, 2.24) is 25.4 Å². The van der Waals surface area contributed by atoms with E-state index in [1.807, 2.05) is 18.2 Å². The summed E-state index contributed by atoms with van der Waals surface area (Å²) in [4.78, 5) is 4.79. The highest BCUT2D eigenvalue weighted by molar-refractivity contribution is 14.0. The van der Waals surface area contributed by atoms with Crippen LogP contribution < -0.4 is 10.6 Å². The fourth-order valence-electron chi connectivity index (χ4n) is 2.92. The van der Waals surface area contributed by atoms with E-state index < -0.39 is 0 Å². The number of aryl methyl sites for hydroxylation is 1. The molecule has 0 aliphatic heterocycles. The van der Waals surface area contributed by atoms with Crippen LogP contribution in [0.15, 0.2) is 35.6 Å². The maximum absolute atomic E-state index is 6.11. The van der Waals surface area contributed by atoms with Gasteiger partial charge in [0.1, 0.15) is 12.2 Å². The van der Waals surface area contributed by atoms with Gasteiger partial charge in [-0.2, -0.15) is 0 Å². The van der Waals surface area contributed by atoms with Gasteiger partial charge in [0.25, 0.3) is 0 Å². The standard InChI is InChI=1S/C20H31ClN6.HI/c1-5-18-26-25-15-27(18)11-10-23-19(22-6-2)24-14-20(3,4)13-16-8-7-9-17(21)12-16;/h7-9,12,15H,5-6,10-11,13-14H2,1-4H3,(H2,22,23,24);1H. The van der Waals surface area contributed by atoms with E-state index in [2.05, 4.69) is 59.2 Å². The number of nitrogens with one attached hydrogen (secondary N) is 2. The molecular weight excluding hydrogens is 487 g/mol. The number of nitrogens with zero attached hydrogens (tertiary/aromatic N) is 4. The first-order valence-electron chi connectivity index (χ1n) is 9.57. The summed E-state index contributed by atoms with van der Waals surface area (Å²) in [5.74, 6) is 1.84. The summed E-state index contributed by atoms with van der Waals surface area (Å²) in [5.41, 5.74) is 1.27. The number of rotatable bonds is 9. The topological polar surface area (TPSA) is 67.1 Å². The Hall–Kier alpha value is -1.35. The van der Waals surface area contributed by atoms with E-state index in [4.69, 9.17) is 16.6 Å². The third-order valence-electron chi connectivity index (χ3n) is 4.24. The zero-order chi connectivity index (χ0) is 19.7. The Bertz CT molecular complexity index is 744. The van der Waals surface area contributed by atoms with Crippen LogP contribution in [0.1, 0.15) is 39.1 Å². The molecule has 0 fully saturated rings. The molecule has 0 saturated heterocycles. The van der Waals surface area contributed by atoms with Crippen LogP contribution in [0.3, 0.4) is 0 Å². The summed E-state index contributed by atoms with van der Waals surface area (Å²) in [6.07, 6.45) is 3.58. The molecule has 0 atom stereocenters. The second-order valence-corrected chi connectivity index (χ2v) is 7.82. The highest BCUT2D eigenvalue weighted by Crippen LogP contribution is 2.23. The largest absolute Gasteiger partial charge is 0.357 e. The minimum absolute atomic E-state index is 0. The van der Waals surface area contributed by atoms with E-state index in [-0.39, 0.29) is 29.4 Å². The first-order chi connectivity index (χ1) is 12.9. The van der Waals surface area contributed by atoms with Gasteiger partial charge >= 0.3 is 0 Å². The molecule has 0 spiro atoms.